The van der Waals surface area contributed by atoms with E-state index in [4.69, 9.17) is 9.84 Å². The summed E-state index contributed by atoms with van der Waals surface area (Å²) in [7, 11) is 0. The number of carboxylic acid groups (broad SMARTS) is 1. The molecule has 2 aromatic carbocycles. The number of nitrogens with zero attached hydrogens (tertiary/aromatic N) is 2. The molecule has 1 heterocycles. The van der Waals surface area contributed by atoms with Gasteiger partial charge in [0, 0.05) is 36.0 Å². The number of hydrogen-bond acceptors (Lipinski definition) is 6. The van der Waals surface area contributed by atoms with Gasteiger partial charge < -0.3 is 14.7 Å². The minimum Gasteiger partial charge on any atom is -0.481 e. The second-order valence-corrected chi connectivity index (χ2v) is 8.57. The number of hydrogen-bond donors (Lipinski definition) is 1. The van der Waals surface area contributed by atoms with Gasteiger partial charge >= 0.3 is 11.9 Å². The number of carboxylic acids is 1. The summed E-state index contributed by atoms with van der Waals surface area (Å²) in [6.45, 7) is 7.73. The van der Waals surface area contributed by atoms with E-state index in [0.29, 0.717) is 0 Å². The number of para-hydroxylation sites is 1. The average molecular weight is 429 g/mol. The van der Waals surface area contributed by atoms with Crippen LogP contribution in [0.15, 0.2) is 52.3 Å². The van der Waals surface area contributed by atoms with Crippen LogP contribution in [0.25, 0.3) is 0 Å². The van der Waals surface area contributed by atoms with Crippen LogP contribution < -0.4 is 4.90 Å². The average Bonchev–Trinajstić information content (AvgIpc) is 2.73. The summed E-state index contributed by atoms with van der Waals surface area (Å²) in [5.41, 5.74) is 3.77. The molecule has 1 N–H and O–H groups in total. The lowest BCUT2D eigenvalue weighted by atomic mass is 10.2. The molecule has 1 fully saturated rings. The van der Waals surface area contributed by atoms with Crippen molar-refractivity contribution in [2.24, 2.45) is 0 Å². The molecule has 0 radical (unpaired) electrons. The molecule has 2 aromatic rings. The minimum atomic E-state index is -0.988. The van der Waals surface area contributed by atoms with E-state index < -0.39 is 11.9 Å². The lowest BCUT2D eigenvalue weighted by molar-refractivity contribution is -0.151. The van der Waals surface area contributed by atoms with Crippen molar-refractivity contribution in [3.63, 3.8) is 0 Å². The molecule has 0 saturated carbocycles. The highest BCUT2D eigenvalue weighted by molar-refractivity contribution is 7.99. The van der Waals surface area contributed by atoms with Gasteiger partial charge in [0.2, 0.25) is 0 Å². The van der Waals surface area contributed by atoms with E-state index >= 15 is 0 Å². The smallest absolute Gasteiger partial charge is 0.307 e. The second kappa shape index (κ2) is 10.5. The Morgan fingerprint density at radius 1 is 1.00 bits per heavy atom. The van der Waals surface area contributed by atoms with Crippen LogP contribution in [0.2, 0.25) is 0 Å². The molecule has 0 amide bonds. The third-order valence-electron chi connectivity index (χ3n) is 5.08. The van der Waals surface area contributed by atoms with Gasteiger partial charge in [0.25, 0.3) is 0 Å². The van der Waals surface area contributed by atoms with Crippen LogP contribution in [-0.4, -0.2) is 54.9 Å². The quantitative estimate of drug-likeness (QED) is 0.639. The minimum absolute atomic E-state index is 0.0850. The van der Waals surface area contributed by atoms with Crippen LogP contribution in [-0.2, 0) is 14.3 Å². The van der Waals surface area contributed by atoms with Gasteiger partial charge in [0.1, 0.15) is 6.73 Å². The summed E-state index contributed by atoms with van der Waals surface area (Å²) < 4.78 is 5.20. The molecular weight excluding hydrogens is 400 g/mol. The number of piperazine rings is 1. The monoisotopic (exact) mass is 428 g/mol. The van der Waals surface area contributed by atoms with E-state index in [1.54, 1.807) is 11.8 Å². The topological polar surface area (TPSA) is 70.1 Å². The van der Waals surface area contributed by atoms with Crippen molar-refractivity contribution >= 4 is 29.4 Å². The first kappa shape index (κ1) is 22.2. The van der Waals surface area contributed by atoms with Gasteiger partial charge in [0.15, 0.2) is 0 Å². The maximum absolute atomic E-state index is 11.6. The largest absolute Gasteiger partial charge is 0.481 e. The maximum Gasteiger partial charge on any atom is 0.307 e. The number of aliphatic carboxylic acids is 1. The predicted octanol–water partition coefficient (Wildman–Crippen LogP) is 3.94. The molecule has 1 saturated heterocycles. The molecule has 0 unspecified atom stereocenters. The summed E-state index contributed by atoms with van der Waals surface area (Å²) in [4.78, 5) is 29.1. The van der Waals surface area contributed by atoms with Crippen molar-refractivity contribution in [1.29, 1.82) is 0 Å². The fraction of sp³-hybridized carbons (Fsp3) is 0.391. The SMILES string of the molecule is Cc1ccc(Sc2ccccc2N2CCN(COC(=O)CCC(=O)O)CC2)c(C)c1. The number of ether oxygens (including phenoxy) is 1. The van der Waals surface area contributed by atoms with Gasteiger partial charge in [-0.05, 0) is 37.6 Å². The van der Waals surface area contributed by atoms with Crippen LogP contribution in [0.3, 0.4) is 0 Å². The molecule has 6 nitrogen and oxygen atoms in total. The van der Waals surface area contributed by atoms with E-state index in [9.17, 15) is 9.59 Å². The highest BCUT2D eigenvalue weighted by atomic mass is 32.2. The molecule has 1 aliphatic heterocycles. The van der Waals surface area contributed by atoms with Crippen LogP contribution >= 0.6 is 11.8 Å². The predicted molar refractivity (Wildman–Crippen MR) is 118 cm³/mol. The number of esters is 1. The summed E-state index contributed by atoms with van der Waals surface area (Å²) >= 11 is 1.79. The van der Waals surface area contributed by atoms with E-state index in [0.717, 1.165) is 26.2 Å². The van der Waals surface area contributed by atoms with Crippen molar-refractivity contribution < 1.29 is 19.4 Å². The van der Waals surface area contributed by atoms with Gasteiger partial charge in [0.05, 0.1) is 18.5 Å². The molecule has 30 heavy (non-hydrogen) atoms. The van der Waals surface area contributed by atoms with Crippen LogP contribution in [0.5, 0.6) is 0 Å². The Morgan fingerprint density at radius 2 is 1.73 bits per heavy atom. The third kappa shape index (κ3) is 6.24. The normalized spacial score (nSPS) is 14.5. The molecule has 7 heteroatoms. The Labute approximate surface area is 181 Å². The number of anilines is 1. The molecule has 0 bridgehead atoms. The number of carbonyl (C=O) groups is 2. The van der Waals surface area contributed by atoms with Crippen molar-refractivity contribution in [2.45, 2.75) is 36.5 Å². The zero-order chi connectivity index (χ0) is 21.5. The van der Waals surface area contributed by atoms with E-state index in [1.807, 2.05) is 0 Å². The van der Waals surface area contributed by atoms with Gasteiger partial charge in [-0.2, -0.15) is 0 Å². The first-order chi connectivity index (χ1) is 14.4. The number of carbonyl (C=O) groups excluding carboxylic acids is 1. The van der Waals surface area contributed by atoms with Crippen molar-refractivity contribution in [1.82, 2.24) is 4.90 Å². The Balaban J connectivity index is 1.56. The van der Waals surface area contributed by atoms with Gasteiger partial charge in [-0.3, -0.25) is 14.5 Å². The first-order valence-electron chi connectivity index (χ1n) is 10.1. The number of rotatable bonds is 8. The highest BCUT2D eigenvalue weighted by Crippen LogP contribution is 2.37. The number of benzene rings is 2. The molecular formula is C23H28N2O4S. The van der Waals surface area contributed by atoms with Gasteiger partial charge in [-0.25, -0.2) is 0 Å². The van der Waals surface area contributed by atoms with Gasteiger partial charge in [-0.1, -0.05) is 41.6 Å². The van der Waals surface area contributed by atoms with Crippen LogP contribution in [0, 0.1) is 13.8 Å². The molecule has 0 atom stereocenters. The van der Waals surface area contributed by atoms with Crippen molar-refractivity contribution in [2.75, 3.05) is 37.8 Å². The second-order valence-electron chi connectivity index (χ2n) is 7.48. The Bertz CT molecular complexity index is 895. The van der Waals surface area contributed by atoms with Crippen LogP contribution in [0.4, 0.5) is 5.69 Å². The molecule has 160 valence electrons. The standard InChI is InChI=1S/C23H28N2O4S/c1-17-7-8-20(18(2)15-17)30-21-6-4-3-5-19(21)25-13-11-24(12-14-25)16-29-23(28)10-9-22(26)27/h3-8,15H,9-14,16H2,1-2H3,(H,26,27). The molecule has 1 aliphatic rings. The maximum atomic E-state index is 11.6. The molecule has 0 aliphatic carbocycles. The van der Waals surface area contributed by atoms with E-state index in [-0.39, 0.29) is 19.6 Å². The zero-order valence-corrected chi connectivity index (χ0v) is 18.3. The Hall–Kier alpha value is -2.51. The lowest BCUT2D eigenvalue weighted by Gasteiger charge is -2.36. The highest BCUT2D eigenvalue weighted by Gasteiger charge is 2.20. The summed E-state index contributed by atoms with van der Waals surface area (Å²) in [6, 6.07) is 15.0. The van der Waals surface area contributed by atoms with Crippen molar-refractivity contribution in [3.8, 4) is 0 Å². The molecule has 3 rings (SSSR count). The number of aryl methyl sites for hydroxylation is 2. The first-order valence-corrected chi connectivity index (χ1v) is 10.9. The lowest BCUT2D eigenvalue weighted by Crippen LogP contribution is -2.47. The Morgan fingerprint density at radius 3 is 2.43 bits per heavy atom. The van der Waals surface area contributed by atoms with Crippen LogP contribution in [0.1, 0.15) is 24.0 Å². The summed E-state index contributed by atoms with van der Waals surface area (Å²) in [6.07, 6.45) is -0.278. The Kier molecular flexibility index (Phi) is 7.76. The zero-order valence-electron chi connectivity index (χ0n) is 17.5. The van der Waals surface area contributed by atoms with Gasteiger partial charge in [-0.15, -0.1) is 0 Å². The third-order valence-corrected chi connectivity index (χ3v) is 6.32. The summed E-state index contributed by atoms with van der Waals surface area (Å²) in [5.74, 6) is -1.45. The molecule has 0 aromatic heterocycles. The summed E-state index contributed by atoms with van der Waals surface area (Å²) in [5, 5.41) is 8.63. The fourth-order valence-corrected chi connectivity index (χ4v) is 4.44. The molecule has 0 spiro atoms. The van der Waals surface area contributed by atoms with E-state index in [2.05, 4.69) is 66.1 Å². The fourth-order valence-electron chi connectivity index (χ4n) is 3.40. The van der Waals surface area contributed by atoms with E-state index in [1.165, 1.54) is 26.6 Å². The van der Waals surface area contributed by atoms with Crippen molar-refractivity contribution in [3.05, 3.63) is 53.6 Å².